The van der Waals surface area contributed by atoms with E-state index in [2.05, 4.69) is 5.14 Å². The van der Waals surface area contributed by atoms with E-state index in [1.165, 1.54) is 0 Å². The van der Waals surface area contributed by atoms with Crippen molar-refractivity contribution in [3.63, 3.8) is 0 Å². The number of ketones is 1. The molecule has 0 amide bonds. The third-order valence-corrected chi connectivity index (χ3v) is 3.87. The molecule has 0 bridgehead atoms. The summed E-state index contributed by atoms with van der Waals surface area (Å²) in [5.74, 6) is -2.08. The van der Waals surface area contributed by atoms with E-state index >= 15 is 0 Å². The van der Waals surface area contributed by atoms with E-state index in [0.29, 0.717) is 0 Å². The molecule has 0 spiro atoms. The number of thiophene rings is 1. The van der Waals surface area contributed by atoms with Gasteiger partial charge in [0, 0.05) is 0 Å². The lowest BCUT2D eigenvalue weighted by Gasteiger charge is -2.01. The van der Waals surface area contributed by atoms with Crippen LogP contribution >= 0.6 is 11.3 Å². The van der Waals surface area contributed by atoms with Crippen LogP contribution in [-0.2, 0) is 10.0 Å². The number of sulfonamides is 1. The average molecular weight is 259 g/mol. The molecule has 0 aliphatic rings. The van der Waals surface area contributed by atoms with Crippen LogP contribution in [-0.4, -0.2) is 20.4 Å². The van der Waals surface area contributed by atoms with Gasteiger partial charge >= 0.3 is 6.18 Å². The predicted octanol–water partition coefficient (Wildman–Crippen LogP) is 1.14. The maximum absolute atomic E-state index is 11.9. The molecule has 4 nitrogen and oxygen atoms in total. The normalized spacial score (nSPS) is 12.8. The van der Waals surface area contributed by atoms with Gasteiger partial charge in [-0.3, -0.25) is 4.79 Å². The van der Waals surface area contributed by atoms with Crippen LogP contribution in [0.3, 0.4) is 0 Å². The minimum atomic E-state index is -5.01. The first-order chi connectivity index (χ1) is 6.62. The van der Waals surface area contributed by atoms with E-state index in [9.17, 15) is 26.4 Å². The molecule has 1 aromatic heterocycles. The molecule has 15 heavy (non-hydrogen) atoms. The van der Waals surface area contributed by atoms with Gasteiger partial charge in [-0.15, -0.1) is 11.3 Å². The SMILES string of the molecule is NS(=O)(=O)c1ccc(C(=O)C(F)(F)F)s1. The van der Waals surface area contributed by atoms with Gasteiger partial charge in [0.1, 0.15) is 4.21 Å². The highest BCUT2D eigenvalue weighted by Gasteiger charge is 2.40. The highest BCUT2D eigenvalue weighted by molar-refractivity contribution is 7.91. The number of rotatable bonds is 2. The second-order valence-corrected chi connectivity index (χ2v) is 5.36. The number of nitrogens with two attached hydrogens (primary N) is 1. The molecule has 0 radical (unpaired) electrons. The molecular formula is C6H4F3NO3S2. The summed E-state index contributed by atoms with van der Waals surface area (Å²) in [4.78, 5) is 9.95. The Morgan fingerprint density at radius 3 is 2.20 bits per heavy atom. The highest BCUT2D eigenvalue weighted by Crippen LogP contribution is 2.27. The van der Waals surface area contributed by atoms with Crippen molar-refractivity contribution in [3.8, 4) is 0 Å². The van der Waals surface area contributed by atoms with Gasteiger partial charge in [-0.05, 0) is 12.1 Å². The number of halogens is 3. The number of carbonyl (C=O) groups is 1. The zero-order chi connectivity index (χ0) is 11.9. The summed E-state index contributed by atoms with van der Waals surface area (Å²) >= 11 is 0.192. The van der Waals surface area contributed by atoms with Crippen molar-refractivity contribution in [1.82, 2.24) is 0 Å². The Labute approximate surface area is 86.6 Å². The average Bonchev–Trinajstić information content (AvgIpc) is 2.47. The molecule has 0 saturated carbocycles. The van der Waals surface area contributed by atoms with Gasteiger partial charge in [-0.1, -0.05) is 0 Å². The summed E-state index contributed by atoms with van der Waals surface area (Å²) in [5.41, 5.74) is 0. The second kappa shape index (κ2) is 3.58. The Balaban J connectivity index is 3.12. The standard InChI is InChI=1S/C6H4F3NO3S2/c7-6(8,9)5(11)3-1-2-4(14-3)15(10,12)13/h1-2H,(H2,10,12,13). The molecule has 1 rings (SSSR count). The van der Waals surface area contributed by atoms with Crippen LogP contribution < -0.4 is 5.14 Å². The monoisotopic (exact) mass is 259 g/mol. The maximum Gasteiger partial charge on any atom is 0.455 e. The third kappa shape index (κ3) is 2.76. The molecule has 1 heterocycles. The molecule has 1 aromatic rings. The molecule has 2 N–H and O–H groups in total. The molecule has 0 atom stereocenters. The molecule has 0 fully saturated rings. The first-order valence-corrected chi connectivity index (χ1v) is 5.73. The topological polar surface area (TPSA) is 77.2 Å². The van der Waals surface area contributed by atoms with Crippen molar-refractivity contribution >= 4 is 27.1 Å². The van der Waals surface area contributed by atoms with Gasteiger partial charge < -0.3 is 0 Å². The quantitative estimate of drug-likeness (QED) is 0.809. The summed E-state index contributed by atoms with van der Waals surface area (Å²) in [6, 6.07) is 1.64. The minimum absolute atomic E-state index is 0.192. The minimum Gasteiger partial charge on any atom is -0.283 e. The van der Waals surface area contributed by atoms with E-state index in [0.717, 1.165) is 12.1 Å². The van der Waals surface area contributed by atoms with Crippen molar-refractivity contribution in [2.75, 3.05) is 0 Å². The zero-order valence-corrected chi connectivity index (χ0v) is 8.54. The Kier molecular flexibility index (Phi) is 2.90. The molecule has 0 aliphatic carbocycles. The summed E-state index contributed by atoms with van der Waals surface area (Å²) in [6.07, 6.45) is -5.01. The van der Waals surface area contributed by atoms with Crippen molar-refractivity contribution in [2.45, 2.75) is 10.4 Å². The lowest BCUT2D eigenvalue weighted by Crippen LogP contribution is -2.21. The number of hydrogen-bond acceptors (Lipinski definition) is 4. The molecular weight excluding hydrogens is 255 g/mol. The number of primary sulfonamides is 1. The second-order valence-electron chi connectivity index (χ2n) is 2.49. The predicted molar refractivity (Wildman–Crippen MR) is 46.1 cm³/mol. The van der Waals surface area contributed by atoms with E-state index in [4.69, 9.17) is 0 Å². The molecule has 9 heteroatoms. The summed E-state index contributed by atoms with van der Waals surface area (Å²) < 4.78 is 56.7. The Morgan fingerprint density at radius 1 is 1.33 bits per heavy atom. The third-order valence-electron chi connectivity index (χ3n) is 1.34. The first kappa shape index (κ1) is 12.1. The Hall–Kier alpha value is -0.930. The smallest absolute Gasteiger partial charge is 0.283 e. The van der Waals surface area contributed by atoms with E-state index in [1.807, 2.05) is 0 Å². The maximum atomic E-state index is 11.9. The van der Waals surface area contributed by atoms with Crippen LogP contribution in [0.5, 0.6) is 0 Å². The summed E-state index contributed by atoms with van der Waals surface area (Å²) in [5, 5.41) is 4.67. The highest BCUT2D eigenvalue weighted by atomic mass is 32.2. The Bertz CT molecular complexity index is 488. The fraction of sp³-hybridized carbons (Fsp3) is 0.167. The van der Waals surface area contributed by atoms with Crippen molar-refractivity contribution < 1.29 is 26.4 Å². The largest absolute Gasteiger partial charge is 0.455 e. The molecule has 0 saturated heterocycles. The van der Waals surface area contributed by atoms with Crippen molar-refractivity contribution in [2.24, 2.45) is 5.14 Å². The van der Waals surface area contributed by atoms with Crippen molar-refractivity contribution in [1.29, 1.82) is 0 Å². The van der Waals surface area contributed by atoms with Crippen molar-refractivity contribution in [3.05, 3.63) is 17.0 Å². The number of hydrogen-bond donors (Lipinski definition) is 1. The van der Waals surface area contributed by atoms with Gasteiger partial charge in [0.15, 0.2) is 0 Å². The lowest BCUT2D eigenvalue weighted by atomic mass is 10.3. The fourth-order valence-corrected chi connectivity index (χ4v) is 2.42. The van der Waals surface area contributed by atoms with E-state index in [-0.39, 0.29) is 11.3 Å². The molecule has 0 aromatic carbocycles. The van der Waals surface area contributed by atoms with Gasteiger partial charge in [-0.2, -0.15) is 13.2 Å². The molecule has 0 aliphatic heterocycles. The fourth-order valence-electron chi connectivity index (χ4n) is 0.735. The lowest BCUT2D eigenvalue weighted by molar-refractivity contribution is -0.0882. The van der Waals surface area contributed by atoms with Crippen LogP contribution in [0, 0.1) is 0 Å². The summed E-state index contributed by atoms with van der Waals surface area (Å²) in [6.45, 7) is 0. The molecule has 0 unspecified atom stereocenters. The van der Waals surface area contributed by atoms with Crippen LogP contribution in [0.4, 0.5) is 13.2 Å². The van der Waals surface area contributed by atoms with Crippen LogP contribution in [0.2, 0.25) is 0 Å². The van der Waals surface area contributed by atoms with Gasteiger partial charge in [0.25, 0.3) is 5.78 Å². The van der Waals surface area contributed by atoms with Gasteiger partial charge in [0.05, 0.1) is 4.88 Å². The zero-order valence-electron chi connectivity index (χ0n) is 6.91. The number of Topliss-reactive ketones (excluding diaryl/α,β-unsaturated/α-hetero) is 1. The van der Waals surface area contributed by atoms with Gasteiger partial charge in [0.2, 0.25) is 10.0 Å². The van der Waals surface area contributed by atoms with Crippen LogP contribution in [0.1, 0.15) is 9.67 Å². The number of carbonyl (C=O) groups excluding carboxylic acids is 1. The number of alkyl halides is 3. The molecule has 84 valence electrons. The Morgan fingerprint density at radius 2 is 1.87 bits per heavy atom. The first-order valence-electron chi connectivity index (χ1n) is 3.36. The van der Waals surface area contributed by atoms with E-state index < -0.39 is 31.1 Å². The van der Waals surface area contributed by atoms with Gasteiger partial charge in [-0.25, -0.2) is 13.6 Å². The van der Waals surface area contributed by atoms with Crippen LogP contribution in [0.15, 0.2) is 16.3 Å². The summed E-state index contributed by atoms with van der Waals surface area (Å²) in [7, 11) is -4.06. The van der Waals surface area contributed by atoms with E-state index in [1.54, 1.807) is 0 Å². The van der Waals surface area contributed by atoms with Crippen LogP contribution in [0.25, 0.3) is 0 Å².